The molecule has 0 bridgehead atoms. The summed E-state index contributed by atoms with van der Waals surface area (Å²) in [7, 11) is -3.50. The number of benzene rings is 1. The summed E-state index contributed by atoms with van der Waals surface area (Å²) in [6.07, 6.45) is 1.61. The van der Waals surface area contributed by atoms with Gasteiger partial charge in [-0.3, -0.25) is 0 Å². The van der Waals surface area contributed by atoms with Gasteiger partial charge in [-0.05, 0) is 30.3 Å². The van der Waals surface area contributed by atoms with Crippen LogP contribution in [0.15, 0.2) is 47.5 Å². The summed E-state index contributed by atoms with van der Waals surface area (Å²) in [5.41, 5.74) is 0. The van der Waals surface area contributed by atoms with E-state index in [1.165, 1.54) is 10.4 Å². The summed E-state index contributed by atoms with van der Waals surface area (Å²) >= 11 is 5.89. The highest BCUT2D eigenvalue weighted by Gasteiger charge is 2.29. The predicted octanol–water partition coefficient (Wildman–Crippen LogP) is 1.64. The second kappa shape index (κ2) is 6.20. The van der Waals surface area contributed by atoms with Crippen LogP contribution in [0.3, 0.4) is 0 Å². The van der Waals surface area contributed by atoms with Crippen molar-refractivity contribution in [3.05, 3.63) is 47.6 Å². The second-order valence-electron chi connectivity index (χ2n) is 4.93. The second-order valence-corrected chi connectivity index (χ2v) is 7.30. The maximum absolute atomic E-state index is 12.6. The van der Waals surface area contributed by atoms with Crippen LogP contribution in [0.4, 0.5) is 5.82 Å². The van der Waals surface area contributed by atoms with Gasteiger partial charge in [0.1, 0.15) is 0 Å². The molecular weight excluding hydrogens is 324 g/mol. The molecule has 0 unspecified atom stereocenters. The third kappa shape index (κ3) is 3.06. The molecule has 0 saturated carbocycles. The van der Waals surface area contributed by atoms with E-state index in [2.05, 4.69) is 10.2 Å². The highest BCUT2D eigenvalue weighted by molar-refractivity contribution is 7.89. The Kier molecular flexibility index (Phi) is 4.28. The van der Waals surface area contributed by atoms with Crippen molar-refractivity contribution < 1.29 is 8.42 Å². The lowest BCUT2D eigenvalue weighted by Crippen LogP contribution is -2.48. The van der Waals surface area contributed by atoms with E-state index in [9.17, 15) is 8.42 Å². The largest absolute Gasteiger partial charge is 0.352 e. The monoisotopic (exact) mass is 338 g/mol. The highest BCUT2D eigenvalue weighted by Crippen LogP contribution is 2.21. The van der Waals surface area contributed by atoms with Crippen molar-refractivity contribution in [3.63, 3.8) is 0 Å². The molecule has 1 fully saturated rings. The van der Waals surface area contributed by atoms with E-state index in [1.54, 1.807) is 24.4 Å². The van der Waals surface area contributed by atoms with Crippen LogP contribution in [-0.4, -0.2) is 49.1 Å². The molecule has 1 aromatic heterocycles. The van der Waals surface area contributed by atoms with E-state index in [0.29, 0.717) is 31.2 Å². The van der Waals surface area contributed by atoms with E-state index >= 15 is 0 Å². The molecule has 2 heterocycles. The van der Waals surface area contributed by atoms with Crippen molar-refractivity contribution >= 4 is 27.4 Å². The molecule has 1 saturated heterocycles. The van der Waals surface area contributed by atoms with Crippen molar-refractivity contribution in [1.29, 1.82) is 0 Å². The molecule has 0 N–H and O–H groups in total. The predicted molar refractivity (Wildman–Crippen MR) is 84.5 cm³/mol. The van der Waals surface area contributed by atoms with Gasteiger partial charge in [-0.2, -0.15) is 9.40 Å². The molecule has 0 radical (unpaired) electrons. The number of hydrogen-bond donors (Lipinski definition) is 0. The number of hydrogen-bond acceptors (Lipinski definition) is 5. The van der Waals surface area contributed by atoms with E-state index in [-0.39, 0.29) is 4.90 Å². The van der Waals surface area contributed by atoms with Gasteiger partial charge < -0.3 is 4.90 Å². The average molecular weight is 339 g/mol. The molecule has 2 aromatic rings. The van der Waals surface area contributed by atoms with Gasteiger partial charge in [0.25, 0.3) is 0 Å². The summed E-state index contributed by atoms with van der Waals surface area (Å²) < 4.78 is 26.7. The molecular formula is C14H15ClN4O2S. The van der Waals surface area contributed by atoms with Gasteiger partial charge in [0.15, 0.2) is 5.82 Å². The van der Waals surface area contributed by atoms with Crippen molar-refractivity contribution in [2.24, 2.45) is 0 Å². The Hall–Kier alpha value is -1.70. The normalized spacial score (nSPS) is 16.7. The van der Waals surface area contributed by atoms with E-state index in [1.807, 2.05) is 17.0 Å². The lowest BCUT2D eigenvalue weighted by molar-refractivity contribution is 0.383. The molecule has 116 valence electrons. The molecule has 0 atom stereocenters. The lowest BCUT2D eigenvalue weighted by atomic mass is 10.3. The van der Waals surface area contributed by atoms with Crippen molar-refractivity contribution in [2.75, 3.05) is 31.1 Å². The number of anilines is 1. The zero-order chi connectivity index (χ0) is 15.6. The Morgan fingerprint density at radius 2 is 1.82 bits per heavy atom. The van der Waals surface area contributed by atoms with Gasteiger partial charge in [-0.1, -0.05) is 17.7 Å². The molecule has 1 aromatic carbocycles. The van der Waals surface area contributed by atoms with Crippen molar-refractivity contribution in [3.8, 4) is 0 Å². The summed E-state index contributed by atoms with van der Waals surface area (Å²) in [5.74, 6) is 0.766. The van der Waals surface area contributed by atoms with Crippen LogP contribution >= 0.6 is 11.6 Å². The zero-order valence-electron chi connectivity index (χ0n) is 11.8. The Morgan fingerprint density at radius 1 is 1.05 bits per heavy atom. The van der Waals surface area contributed by atoms with Gasteiger partial charge >= 0.3 is 0 Å². The Morgan fingerprint density at radius 3 is 2.45 bits per heavy atom. The minimum Gasteiger partial charge on any atom is -0.352 e. The Balaban J connectivity index is 1.73. The topological polar surface area (TPSA) is 66.4 Å². The number of aromatic nitrogens is 2. The van der Waals surface area contributed by atoms with Gasteiger partial charge in [-0.15, -0.1) is 5.10 Å². The van der Waals surface area contributed by atoms with Crippen molar-refractivity contribution in [1.82, 2.24) is 14.5 Å². The molecule has 1 aliphatic heterocycles. The molecule has 1 aliphatic rings. The molecule has 0 aliphatic carbocycles. The van der Waals surface area contributed by atoms with Crippen LogP contribution in [-0.2, 0) is 10.0 Å². The maximum atomic E-state index is 12.6. The van der Waals surface area contributed by atoms with Crippen molar-refractivity contribution in [2.45, 2.75) is 4.90 Å². The zero-order valence-corrected chi connectivity index (χ0v) is 13.3. The van der Waals surface area contributed by atoms with Crippen LogP contribution in [0, 0.1) is 0 Å². The summed E-state index contributed by atoms with van der Waals surface area (Å²) in [4.78, 5) is 2.25. The van der Waals surface area contributed by atoms with Crippen LogP contribution in [0.25, 0.3) is 0 Å². The van der Waals surface area contributed by atoms with Gasteiger partial charge in [0.05, 0.1) is 4.90 Å². The molecule has 3 rings (SSSR count). The van der Waals surface area contributed by atoms with E-state index in [0.717, 1.165) is 5.82 Å². The number of rotatable bonds is 3. The SMILES string of the molecule is O=S(=O)(c1cccc(Cl)c1)N1CCN(c2cccnn2)CC1. The van der Waals surface area contributed by atoms with Crippen LogP contribution in [0.5, 0.6) is 0 Å². The quantitative estimate of drug-likeness (QED) is 0.851. The standard InChI is InChI=1S/C14H15ClN4O2S/c15-12-3-1-4-13(11-12)22(20,21)19-9-7-18(8-10-19)14-5-2-6-16-17-14/h1-6,11H,7-10H2. The van der Waals surface area contributed by atoms with Gasteiger partial charge in [-0.25, -0.2) is 8.42 Å². The van der Waals surface area contributed by atoms with E-state index in [4.69, 9.17) is 11.6 Å². The first-order chi connectivity index (χ1) is 10.6. The van der Waals surface area contributed by atoms with Gasteiger partial charge in [0.2, 0.25) is 10.0 Å². The molecule has 6 nitrogen and oxygen atoms in total. The van der Waals surface area contributed by atoms with Crippen LogP contribution in [0.2, 0.25) is 5.02 Å². The Bertz CT molecular complexity index is 746. The number of halogens is 1. The fourth-order valence-corrected chi connectivity index (χ4v) is 4.12. The highest BCUT2D eigenvalue weighted by atomic mass is 35.5. The van der Waals surface area contributed by atoms with Crippen LogP contribution < -0.4 is 4.90 Å². The first kappa shape index (κ1) is 15.2. The lowest BCUT2D eigenvalue weighted by Gasteiger charge is -2.34. The average Bonchev–Trinajstić information content (AvgIpc) is 2.56. The Labute approximate surface area is 134 Å². The molecule has 0 spiro atoms. The third-order valence-corrected chi connectivity index (χ3v) is 5.68. The number of piperazine rings is 1. The number of sulfonamides is 1. The molecule has 22 heavy (non-hydrogen) atoms. The fraction of sp³-hybridized carbons (Fsp3) is 0.286. The third-order valence-electron chi connectivity index (χ3n) is 3.55. The summed E-state index contributed by atoms with van der Waals surface area (Å²) in [6, 6.07) is 10.0. The molecule has 0 amide bonds. The minimum atomic E-state index is -3.50. The smallest absolute Gasteiger partial charge is 0.243 e. The maximum Gasteiger partial charge on any atom is 0.243 e. The summed E-state index contributed by atoms with van der Waals surface area (Å²) in [5, 5.41) is 8.31. The summed E-state index contributed by atoms with van der Waals surface area (Å²) in [6.45, 7) is 1.98. The van der Waals surface area contributed by atoms with E-state index < -0.39 is 10.0 Å². The van der Waals surface area contributed by atoms with Crippen LogP contribution in [0.1, 0.15) is 0 Å². The first-order valence-corrected chi connectivity index (χ1v) is 8.67. The van der Waals surface area contributed by atoms with Gasteiger partial charge in [0, 0.05) is 37.4 Å². The first-order valence-electron chi connectivity index (χ1n) is 6.86. The fourth-order valence-electron chi connectivity index (χ4n) is 2.40. The number of nitrogens with zero attached hydrogens (tertiary/aromatic N) is 4. The minimum absolute atomic E-state index is 0.230. The molecule has 8 heteroatoms.